The van der Waals surface area contributed by atoms with E-state index in [-0.39, 0.29) is 24.4 Å². The van der Waals surface area contributed by atoms with Gasteiger partial charge in [-0.15, -0.1) is 0 Å². The van der Waals surface area contributed by atoms with E-state index in [2.05, 4.69) is 90.0 Å². The number of nitrogens with one attached hydrogen (secondary N) is 2. The van der Waals surface area contributed by atoms with Gasteiger partial charge in [-0.25, -0.2) is 0 Å². The first-order valence-corrected chi connectivity index (χ1v) is 15.8. The number of fused-ring (bicyclic) bond motifs is 1. The van der Waals surface area contributed by atoms with E-state index in [4.69, 9.17) is 0 Å². The number of hydrogen-bond acceptors (Lipinski definition) is 3. The third-order valence-electron chi connectivity index (χ3n) is 6.34. The SMILES string of the molecule is CCC(=O)C(=O)NCC#CS(C)(C)C.CCc1ccccc1C(=O)NC1(c2ccc3ccccc3c2)CC1. The van der Waals surface area contributed by atoms with Gasteiger partial charge in [-0.2, -0.15) is 10.0 Å². The molecule has 4 rings (SSSR count). The van der Waals surface area contributed by atoms with Crippen LogP contribution in [-0.2, 0) is 21.5 Å². The number of amides is 2. The van der Waals surface area contributed by atoms with E-state index in [0.717, 1.165) is 30.4 Å². The van der Waals surface area contributed by atoms with E-state index in [0.29, 0.717) is 0 Å². The molecule has 1 saturated carbocycles. The molecule has 1 aliphatic carbocycles. The molecule has 5 nitrogen and oxygen atoms in total. The fourth-order valence-corrected chi connectivity index (χ4v) is 4.57. The van der Waals surface area contributed by atoms with Crippen LogP contribution in [0.3, 0.4) is 0 Å². The largest absolute Gasteiger partial charge is 0.343 e. The number of hydrogen-bond donors (Lipinski definition) is 2. The Kier molecular flexibility index (Phi) is 9.77. The Labute approximate surface area is 228 Å². The van der Waals surface area contributed by atoms with Gasteiger partial charge in [-0.1, -0.05) is 79.6 Å². The zero-order valence-corrected chi connectivity index (χ0v) is 23.8. The predicted molar refractivity (Wildman–Crippen MR) is 160 cm³/mol. The summed E-state index contributed by atoms with van der Waals surface area (Å²) in [6.07, 6.45) is 9.32. The van der Waals surface area contributed by atoms with Crippen molar-refractivity contribution in [2.75, 3.05) is 25.3 Å². The van der Waals surface area contributed by atoms with Gasteiger partial charge in [0.15, 0.2) is 0 Å². The highest BCUT2D eigenvalue weighted by molar-refractivity contribution is 8.35. The predicted octanol–water partition coefficient (Wildman–Crippen LogP) is 5.56. The van der Waals surface area contributed by atoms with Gasteiger partial charge in [0.05, 0.1) is 12.1 Å². The molecule has 200 valence electrons. The minimum absolute atomic E-state index is 0.0399. The molecule has 0 aliphatic heterocycles. The van der Waals surface area contributed by atoms with Crippen LogP contribution in [-0.4, -0.2) is 42.9 Å². The van der Waals surface area contributed by atoms with E-state index >= 15 is 0 Å². The third-order valence-corrected chi connectivity index (χ3v) is 7.09. The maximum absolute atomic E-state index is 12.8. The quantitative estimate of drug-likeness (QED) is 0.310. The molecule has 6 heteroatoms. The van der Waals surface area contributed by atoms with Crippen LogP contribution >= 0.6 is 10.0 Å². The summed E-state index contributed by atoms with van der Waals surface area (Å²) < 4.78 is 0. The number of ketones is 1. The van der Waals surface area contributed by atoms with Crippen LogP contribution in [0.25, 0.3) is 10.8 Å². The second-order valence-corrected chi connectivity index (χ2v) is 14.1. The van der Waals surface area contributed by atoms with Gasteiger partial charge >= 0.3 is 0 Å². The molecule has 0 aromatic heterocycles. The Hall–Kier alpha value is -3.56. The number of carbonyl (C=O) groups is 3. The summed E-state index contributed by atoms with van der Waals surface area (Å²) in [5.74, 6) is 1.95. The summed E-state index contributed by atoms with van der Waals surface area (Å²) in [5.41, 5.74) is 2.92. The molecular weight excluding hydrogens is 492 g/mol. The van der Waals surface area contributed by atoms with Crippen LogP contribution in [0.1, 0.15) is 54.6 Å². The van der Waals surface area contributed by atoms with Crippen molar-refractivity contribution in [3.05, 3.63) is 83.4 Å². The molecule has 0 heterocycles. The second kappa shape index (κ2) is 12.8. The Balaban J connectivity index is 0.000000247. The van der Waals surface area contributed by atoms with Crippen LogP contribution in [0.4, 0.5) is 0 Å². The van der Waals surface area contributed by atoms with E-state index in [1.165, 1.54) is 16.3 Å². The Morgan fingerprint density at radius 2 is 1.55 bits per heavy atom. The minimum Gasteiger partial charge on any atom is -0.343 e. The molecule has 1 aliphatic rings. The second-order valence-electron chi connectivity index (χ2n) is 10.2. The highest BCUT2D eigenvalue weighted by Gasteiger charge is 2.45. The molecule has 0 unspecified atom stereocenters. The molecular formula is C32H38N2O3S. The number of rotatable bonds is 7. The summed E-state index contributed by atoms with van der Waals surface area (Å²) >= 11 is 0. The van der Waals surface area contributed by atoms with Crippen molar-refractivity contribution in [1.29, 1.82) is 0 Å². The lowest BCUT2D eigenvalue weighted by atomic mass is 9.99. The molecule has 2 N–H and O–H groups in total. The molecule has 0 atom stereocenters. The van der Waals surface area contributed by atoms with Crippen LogP contribution in [0.5, 0.6) is 0 Å². The van der Waals surface area contributed by atoms with Crippen molar-refractivity contribution in [3.63, 3.8) is 0 Å². The molecule has 0 saturated heterocycles. The van der Waals surface area contributed by atoms with Crippen molar-refractivity contribution in [3.8, 4) is 11.2 Å². The lowest BCUT2D eigenvalue weighted by Gasteiger charge is -2.19. The lowest BCUT2D eigenvalue weighted by Crippen LogP contribution is -2.35. The topological polar surface area (TPSA) is 75.3 Å². The molecule has 0 bridgehead atoms. The Morgan fingerprint density at radius 3 is 2.18 bits per heavy atom. The van der Waals surface area contributed by atoms with Crippen molar-refractivity contribution in [2.45, 2.75) is 45.1 Å². The highest BCUT2D eigenvalue weighted by atomic mass is 32.3. The zero-order chi connectivity index (χ0) is 27.8. The summed E-state index contributed by atoms with van der Waals surface area (Å²) in [7, 11) is -0.845. The monoisotopic (exact) mass is 530 g/mol. The fraction of sp³-hybridized carbons (Fsp3) is 0.344. The Bertz CT molecular complexity index is 1370. The molecule has 1 fully saturated rings. The average molecular weight is 531 g/mol. The Morgan fingerprint density at radius 1 is 0.895 bits per heavy atom. The van der Waals surface area contributed by atoms with E-state index in [9.17, 15) is 14.4 Å². The van der Waals surface area contributed by atoms with Crippen molar-refractivity contribution >= 4 is 38.4 Å². The molecule has 38 heavy (non-hydrogen) atoms. The number of aryl methyl sites for hydroxylation is 1. The number of Topliss-reactive ketones (excluding diaryl/α,β-unsaturated/α-hetero) is 1. The lowest BCUT2D eigenvalue weighted by molar-refractivity contribution is -0.137. The molecule has 2 amide bonds. The van der Waals surface area contributed by atoms with Gasteiger partial charge in [0.2, 0.25) is 5.78 Å². The smallest absolute Gasteiger partial charge is 0.288 e. The van der Waals surface area contributed by atoms with Crippen molar-refractivity contribution in [2.24, 2.45) is 0 Å². The van der Waals surface area contributed by atoms with Gasteiger partial charge in [0, 0.05) is 12.0 Å². The standard InChI is InChI=1S/C22H21NO.C10H17NO2S/c1-2-16-7-5-6-10-20(16)21(24)23-22(13-14-22)19-12-11-17-8-3-4-9-18(17)15-19;1-5-9(12)10(13)11-7-6-8-14(2,3)4/h3-12,15H,2,13-14H2,1H3,(H,23,24);5,7H2,1-4H3,(H,11,13). The molecule has 0 radical (unpaired) electrons. The molecule has 3 aromatic rings. The van der Waals surface area contributed by atoms with Crippen LogP contribution in [0.15, 0.2) is 66.7 Å². The molecule has 3 aromatic carbocycles. The maximum Gasteiger partial charge on any atom is 0.288 e. The number of benzene rings is 3. The zero-order valence-electron chi connectivity index (χ0n) is 23.0. The van der Waals surface area contributed by atoms with Crippen LogP contribution in [0.2, 0.25) is 0 Å². The van der Waals surface area contributed by atoms with Gasteiger partial charge in [0.25, 0.3) is 11.8 Å². The normalized spacial score (nSPS) is 13.7. The first-order valence-electron chi connectivity index (χ1n) is 13.0. The highest BCUT2D eigenvalue weighted by Crippen LogP contribution is 2.46. The summed E-state index contributed by atoms with van der Waals surface area (Å²) in [6.45, 7) is 4.00. The fourth-order valence-electron chi connectivity index (χ4n) is 4.07. The first-order chi connectivity index (χ1) is 18.1. The minimum atomic E-state index is -0.845. The maximum atomic E-state index is 12.8. The first kappa shape index (κ1) is 29.0. The summed E-state index contributed by atoms with van der Waals surface area (Å²) in [4.78, 5) is 34.6. The van der Waals surface area contributed by atoms with Gasteiger partial charge in [-0.3, -0.25) is 14.4 Å². The van der Waals surface area contributed by atoms with Crippen LogP contribution < -0.4 is 10.6 Å². The van der Waals surface area contributed by atoms with Crippen molar-refractivity contribution in [1.82, 2.24) is 10.6 Å². The summed E-state index contributed by atoms with van der Waals surface area (Å²) in [5, 5.41) is 11.3. The van der Waals surface area contributed by atoms with Gasteiger partial charge < -0.3 is 10.6 Å². The average Bonchev–Trinajstić information content (AvgIpc) is 3.70. The van der Waals surface area contributed by atoms with E-state index in [1.807, 2.05) is 24.3 Å². The molecule has 0 spiro atoms. The summed E-state index contributed by atoms with van der Waals surface area (Å²) in [6, 6.07) is 22.8. The van der Waals surface area contributed by atoms with E-state index < -0.39 is 21.7 Å². The van der Waals surface area contributed by atoms with E-state index in [1.54, 1.807) is 6.92 Å². The number of carbonyl (C=O) groups excluding carboxylic acids is 3. The third kappa shape index (κ3) is 7.97. The van der Waals surface area contributed by atoms with Gasteiger partial charge in [0.1, 0.15) is 0 Å². The van der Waals surface area contributed by atoms with Crippen molar-refractivity contribution < 1.29 is 14.4 Å². The van der Waals surface area contributed by atoms with Crippen LogP contribution in [0, 0.1) is 11.2 Å². The van der Waals surface area contributed by atoms with Gasteiger partial charge in [-0.05, 0) is 72.1 Å².